The molecule has 3 aromatic rings. The number of nitrogens with zero attached hydrogens (tertiary/aromatic N) is 1. The van der Waals surface area contributed by atoms with Gasteiger partial charge in [-0.2, -0.15) is 0 Å². The maximum Gasteiger partial charge on any atom is 0.244 e. The molecular weight excluding hydrogens is 396 g/mol. The number of methoxy groups -OCH3 is 1. The van der Waals surface area contributed by atoms with Gasteiger partial charge in [0.25, 0.3) is 0 Å². The lowest BCUT2D eigenvalue weighted by atomic mass is 10.1. The van der Waals surface area contributed by atoms with Crippen LogP contribution in [-0.4, -0.2) is 17.6 Å². The number of nitrogens with one attached hydrogen (secondary N) is 1. The molecule has 156 valence electrons. The monoisotopic (exact) mass is 422 g/mol. The number of hydrogen-bond donors (Lipinski definition) is 1. The van der Waals surface area contributed by atoms with Gasteiger partial charge in [0.2, 0.25) is 11.3 Å². The van der Waals surface area contributed by atoms with Gasteiger partial charge >= 0.3 is 0 Å². The van der Waals surface area contributed by atoms with Crippen molar-refractivity contribution in [1.82, 2.24) is 4.57 Å². The Balaban J connectivity index is 1.83. The SMILES string of the molecule is COc1cn(CC(=O)Nc2c(C)cc(C)cc2C)c(CSc2ccccc2)cc1=O. The van der Waals surface area contributed by atoms with Crippen LogP contribution >= 0.6 is 11.8 Å². The molecule has 0 bridgehead atoms. The van der Waals surface area contributed by atoms with Crippen LogP contribution in [0.3, 0.4) is 0 Å². The molecule has 5 nitrogen and oxygen atoms in total. The third-order valence-electron chi connectivity index (χ3n) is 4.79. The average molecular weight is 423 g/mol. The second kappa shape index (κ2) is 9.67. The van der Waals surface area contributed by atoms with Gasteiger partial charge in [0.05, 0.1) is 13.3 Å². The largest absolute Gasteiger partial charge is 0.491 e. The molecule has 0 radical (unpaired) electrons. The number of amides is 1. The number of anilines is 1. The molecule has 0 saturated heterocycles. The van der Waals surface area contributed by atoms with Gasteiger partial charge in [-0.3, -0.25) is 9.59 Å². The molecule has 6 heteroatoms. The summed E-state index contributed by atoms with van der Waals surface area (Å²) in [5, 5.41) is 3.02. The zero-order chi connectivity index (χ0) is 21.7. The standard InChI is InChI=1S/C24H26N2O3S/c1-16-10-17(2)24(18(3)11-16)25-23(28)14-26-13-22(29-4)21(27)12-19(26)15-30-20-8-6-5-7-9-20/h5-13H,14-15H2,1-4H3,(H,25,28). The Hall–Kier alpha value is -2.99. The van der Waals surface area contributed by atoms with Crippen LogP contribution in [0.15, 0.2) is 64.4 Å². The van der Waals surface area contributed by atoms with Crippen molar-refractivity contribution in [3.05, 3.63) is 87.3 Å². The van der Waals surface area contributed by atoms with Gasteiger partial charge in [0.1, 0.15) is 6.54 Å². The maximum absolute atomic E-state index is 12.8. The predicted molar refractivity (Wildman–Crippen MR) is 123 cm³/mol. The summed E-state index contributed by atoms with van der Waals surface area (Å²) in [6.07, 6.45) is 1.61. The van der Waals surface area contributed by atoms with Crippen molar-refractivity contribution in [3.8, 4) is 5.75 Å². The van der Waals surface area contributed by atoms with Crippen LogP contribution in [0, 0.1) is 20.8 Å². The van der Waals surface area contributed by atoms with E-state index in [2.05, 4.69) is 5.32 Å². The number of pyridine rings is 1. The summed E-state index contributed by atoms with van der Waals surface area (Å²) in [6, 6.07) is 15.6. The molecule has 1 N–H and O–H groups in total. The van der Waals surface area contributed by atoms with E-state index in [0.717, 1.165) is 33.0 Å². The molecule has 1 heterocycles. The fraction of sp³-hybridized carbons (Fsp3) is 0.250. The molecular formula is C24H26N2O3S. The minimum absolute atomic E-state index is 0.0913. The van der Waals surface area contributed by atoms with E-state index in [1.54, 1.807) is 28.6 Å². The van der Waals surface area contributed by atoms with Crippen LogP contribution in [0.25, 0.3) is 0 Å². The summed E-state index contributed by atoms with van der Waals surface area (Å²) >= 11 is 1.62. The van der Waals surface area contributed by atoms with Crippen molar-refractivity contribution in [2.75, 3.05) is 12.4 Å². The van der Waals surface area contributed by atoms with Crippen LogP contribution in [0.4, 0.5) is 5.69 Å². The smallest absolute Gasteiger partial charge is 0.244 e. The first-order valence-electron chi connectivity index (χ1n) is 9.70. The highest BCUT2D eigenvalue weighted by Crippen LogP contribution is 2.24. The highest BCUT2D eigenvalue weighted by molar-refractivity contribution is 7.98. The van der Waals surface area contributed by atoms with Crippen LogP contribution < -0.4 is 15.5 Å². The fourth-order valence-electron chi connectivity index (χ4n) is 3.40. The second-order valence-corrected chi connectivity index (χ2v) is 8.30. The Labute approximate surface area is 181 Å². The molecule has 0 aliphatic carbocycles. The van der Waals surface area contributed by atoms with Gasteiger partial charge in [-0.25, -0.2) is 0 Å². The van der Waals surface area contributed by atoms with Crippen LogP contribution in [0.5, 0.6) is 5.75 Å². The Morgan fingerprint density at radius 3 is 2.37 bits per heavy atom. The highest BCUT2D eigenvalue weighted by Gasteiger charge is 2.13. The molecule has 1 amide bonds. The van der Waals surface area contributed by atoms with Crippen molar-refractivity contribution in [3.63, 3.8) is 0 Å². The fourth-order valence-corrected chi connectivity index (χ4v) is 4.32. The lowest BCUT2D eigenvalue weighted by Crippen LogP contribution is -2.23. The normalized spacial score (nSPS) is 10.7. The lowest BCUT2D eigenvalue weighted by molar-refractivity contribution is -0.116. The Bertz CT molecular complexity index is 1080. The number of carbonyl (C=O) groups excluding carboxylic acids is 1. The Morgan fingerprint density at radius 2 is 1.73 bits per heavy atom. The molecule has 0 saturated carbocycles. The number of hydrogen-bond acceptors (Lipinski definition) is 4. The van der Waals surface area contributed by atoms with Crippen LogP contribution in [0.1, 0.15) is 22.4 Å². The number of benzene rings is 2. The third kappa shape index (κ3) is 5.33. The van der Waals surface area contributed by atoms with Crippen LogP contribution in [0.2, 0.25) is 0 Å². The lowest BCUT2D eigenvalue weighted by Gasteiger charge is -2.17. The zero-order valence-electron chi connectivity index (χ0n) is 17.7. The van der Waals surface area contributed by atoms with Crippen LogP contribution in [-0.2, 0) is 17.1 Å². The number of rotatable bonds is 7. The number of carbonyl (C=O) groups is 1. The molecule has 0 aliphatic rings. The van der Waals surface area contributed by atoms with E-state index in [1.807, 2.05) is 63.2 Å². The molecule has 0 aliphatic heterocycles. The van der Waals surface area contributed by atoms with E-state index in [4.69, 9.17) is 4.74 Å². The van der Waals surface area contributed by atoms with Gasteiger partial charge in [-0.05, 0) is 44.0 Å². The van der Waals surface area contributed by atoms with E-state index in [-0.39, 0.29) is 23.6 Å². The van der Waals surface area contributed by atoms with Gasteiger partial charge in [0, 0.05) is 28.1 Å². The van der Waals surface area contributed by atoms with Crippen molar-refractivity contribution >= 4 is 23.4 Å². The molecule has 0 fully saturated rings. The van der Waals surface area contributed by atoms with E-state index in [1.165, 1.54) is 7.11 Å². The summed E-state index contributed by atoms with van der Waals surface area (Å²) in [5.74, 6) is 0.639. The van der Waals surface area contributed by atoms with E-state index in [0.29, 0.717) is 5.75 Å². The summed E-state index contributed by atoms with van der Waals surface area (Å²) in [5.41, 5.74) is 4.62. The van der Waals surface area contributed by atoms with Crippen molar-refractivity contribution in [2.24, 2.45) is 0 Å². The van der Waals surface area contributed by atoms with Crippen molar-refractivity contribution in [1.29, 1.82) is 0 Å². The number of aryl methyl sites for hydroxylation is 3. The molecule has 1 aromatic heterocycles. The summed E-state index contributed by atoms with van der Waals surface area (Å²) < 4.78 is 6.96. The van der Waals surface area contributed by atoms with E-state index in [9.17, 15) is 9.59 Å². The molecule has 0 unspecified atom stereocenters. The molecule has 2 aromatic carbocycles. The van der Waals surface area contributed by atoms with Crippen molar-refractivity contribution < 1.29 is 9.53 Å². The molecule has 0 spiro atoms. The topological polar surface area (TPSA) is 60.3 Å². The maximum atomic E-state index is 12.8. The Morgan fingerprint density at radius 1 is 1.07 bits per heavy atom. The van der Waals surface area contributed by atoms with Gasteiger partial charge in [-0.1, -0.05) is 35.9 Å². The van der Waals surface area contributed by atoms with E-state index >= 15 is 0 Å². The number of ether oxygens (including phenoxy) is 1. The quantitative estimate of drug-likeness (QED) is 0.560. The third-order valence-corrected chi connectivity index (χ3v) is 5.83. The van der Waals surface area contributed by atoms with Gasteiger partial charge in [0.15, 0.2) is 5.75 Å². The molecule has 30 heavy (non-hydrogen) atoms. The first-order valence-corrected chi connectivity index (χ1v) is 10.7. The molecule has 0 atom stereocenters. The minimum atomic E-state index is -0.192. The summed E-state index contributed by atoms with van der Waals surface area (Å²) in [6.45, 7) is 6.10. The van der Waals surface area contributed by atoms with Gasteiger partial charge < -0.3 is 14.6 Å². The first kappa shape index (κ1) is 21.7. The summed E-state index contributed by atoms with van der Waals surface area (Å²) in [4.78, 5) is 26.2. The van der Waals surface area contributed by atoms with E-state index < -0.39 is 0 Å². The second-order valence-electron chi connectivity index (χ2n) is 7.25. The predicted octanol–water partition coefficient (Wildman–Crippen LogP) is 4.71. The number of thioether (sulfide) groups is 1. The van der Waals surface area contributed by atoms with Crippen molar-refractivity contribution in [2.45, 2.75) is 38.0 Å². The molecule has 3 rings (SSSR count). The highest BCUT2D eigenvalue weighted by atomic mass is 32.2. The Kier molecular flexibility index (Phi) is 7.00. The van der Waals surface area contributed by atoms with Gasteiger partial charge in [-0.15, -0.1) is 11.8 Å². The minimum Gasteiger partial charge on any atom is -0.491 e. The average Bonchev–Trinajstić information content (AvgIpc) is 2.71. The summed E-state index contributed by atoms with van der Waals surface area (Å²) in [7, 11) is 1.46. The zero-order valence-corrected chi connectivity index (χ0v) is 18.5. The number of aromatic nitrogens is 1. The first-order chi connectivity index (χ1) is 14.4.